The predicted octanol–water partition coefficient (Wildman–Crippen LogP) is 2.40. The van der Waals surface area contributed by atoms with Crippen molar-refractivity contribution in [3.8, 4) is 5.75 Å². The van der Waals surface area contributed by atoms with Crippen molar-refractivity contribution >= 4 is 5.96 Å². The fourth-order valence-corrected chi connectivity index (χ4v) is 3.22. The standard InChI is InChI=1S/C19H32N4O/c1-13(2)23-11-15(4)17(12-23)22-19(20-5)21-10-16-7-8-18(24-6)14(3)9-16/h7-9,13,15,17H,10-12H2,1-6H3,(H2,20,21,22). The van der Waals surface area contributed by atoms with Crippen LogP contribution >= 0.6 is 0 Å². The molecular formula is C19H32N4O. The van der Waals surface area contributed by atoms with Gasteiger partial charge in [-0.05, 0) is 43.9 Å². The van der Waals surface area contributed by atoms with Crippen molar-refractivity contribution < 1.29 is 4.74 Å². The lowest BCUT2D eigenvalue weighted by atomic mass is 10.1. The zero-order valence-electron chi connectivity index (χ0n) is 15.9. The van der Waals surface area contributed by atoms with Crippen LogP contribution in [0, 0.1) is 12.8 Å². The van der Waals surface area contributed by atoms with Crippen LogP contribution in [0.1, 0.15) is 31.9 Å². The van der Waals surface area contributed by atoms with E-state index in [1.54, 1.807) is 7.11 Å². The molecule has 1 aliphatic heterocycles. The first-order valence-electron chi connectivity index (χ1n) is 8.79. The summed E-state index contributed by atoms with van der Waals surface area (Å²) in [5, 5.41) is 7.00. The topological polar surface area (TPSA) is 48.9 Å². The summed E-state index contributed by atoms with van der Waals surface area (Å²) in [7, 11) is 3.53. The molecule has 0 aromatic heterocycles. The van der Waals surface area contributed by atoms with Gasteiger partial charge >= 0.3 is 0 Å². The number of rotatable bonds is 5. The van der Waals surface area contributed by atoms with E-state index in [2.05, 4.69) is 60.4 Å². The van der Waals surface area contributed by atoms with E-state index in [4.69, 9.17) is 4.74 Å². The molecule has 5 heteroatoms. The van der Waals surface area contributed by atoms with E-state index in [9.17, 15) is 0 Å². The van der Waals surface area contributed by atoms with Gasteiger partial charge in [-0.2, -0.15) is 0 Å². The molecule has 5 nitrogen and oxygen atoms in total. The summed E-state index contributed by atoms with van der Waals surface area (Å²) >= 11 is 0. The minimum absolute atomic E-state index is 0.441. The summed E-state index contributed by atoms with van der Waals surface area (Å²) in [6.45, 7) is 11.9. The fourth-order valence-electron chi connectivity index (χ4n) is 3.22. The molecule has 1 aromatic carbocycles. The highest BCUT2D eigenvalue weighted by Crippen LogP contribution is 2.19. The minimum atomic E-state index is 0.441. The molecule has 0 bridgehead atoms. The summed E-state index contributed by atoms with van der Waals surface area (Å²) in [5.41, 5.74) is 2.37. The molecule has 1 heterocycles. The Morgan fingerprint density at radius 2 is 2.12 bits per heavy atom. The van der Waals surface area contributed by atoms with Gasteiger partial charge in [-0.15, -0.1) is 0 Å². The van der Waals surface area contributed by atoms with Crippen LogP contribution in [0.3, 0.4) is 0 Å². The molecule has 0 aliphatic carbocycles. The first-order chi connectivity index (χ1) is 11.4. The molecule has 1 fully saturated rings. The van der Waals surface area contributed by atoms with Crippen LogP contribution in [0.4, 0.5) is 0 Å². The highest BCUT2D eigenvalue weighted by Gasteiger charge is 2.31. The number of hydrogen-bond donors (Lipinski definition) is 2. The van der Waals surface area contributed by atoms with Gasteiger partial charge in [-0.1, -0.05) is 19.1 Å². The molecule has 1 saturated heterocycles. The Morgan fingerprint density at radius 1 is 1.38 bits per heavy atom. The molecule has 2 N–H and O–H groups in total. The molecule has 134 valence electrons. The summed E-state index contributed by atoms with van der Waals surface area (Å²) in [4.78, 5) is 6.89. The quantitative estimate of drug-likeness (QED) is 0.642. The van der Waals surface area contributed by atoms with Crippen LogP contribution in [0.5, 0.6) is 5.75 Å². The van der Waals surface area contributed by atoms with Crippen LogP contribution in [0.25, 0.3) is 0 Å². The minimum Gasteiger partial charge on any atom is -0.496 e. The monoisotopic (exact) mass is 332 g/mol. The van der Waals surface area contributed by atoms with Crippen LogP contribution in [-0.2, 0) is 6.54 Å². The Morgan fingerprint density at radius 3 is 2.67 bits per heavy atom. The molecule has 0 spiro atoms. The number of hydrogen-bond acceptors (Lipinski definition) is 3. The maximum Gasteiger partial charge on any atom is 0.191 e. The highest BCUT2D eigenvalue weighted by molar-refractivity contribution is 5.80. The van der Waals surface area contributed by atoms with Crippen LogP contribution < -0.4 is 15.4 Å². The van der Waals surface area contributed by atoms with E-state index in [0.717, 1.165) is 36.9 Å². The van der Waals surface area contributed by atoms with Gasteiger partial charge < -0.3 is 15.4 Å². The van der Waals surface area contributed by atoms with Crippen molar-refractivity contribution in [1.82, 2.24) is 15.5 Å². The van der Waals surface area contributed by atoms with Gasteiger partial charge in [0.2, 0.25) is 0 Å². The Bertz CT molecular complexity index is 570. The lowest BCUT2D eigenvalue weighted by Crippen LogP contribution is -2.46. The van der Waals surface area contributed by atoms with E-state index in [1.807, 2.05) is 13.1 Å². The number of aryl methyl sites for hydroxylation is 1. The van der Waals surface area contributed by atoms with Crippen LogP contribution in [0.15, 0.2) is 23.2 Å². The largest absolute Gasteiger partial charge is 0.496 e. The molecule has 0 saturated carbocycles. The third-order valence-electron chi connectivity index (χ3n) is 4.84. The first kappa shape index (κ1) is 18.6. The summed E-state index contributed by atoms with van der Waals surface area (Å²) in [5.74, 6) is 2.41. The van der Waals surface area contributed by atoms with Gasteiger partial charge in [0.1, 0.15) is 5.75 Å². The number of likely N-dealkylation sites (tertiary alicyclic amines) is 1. The molecule has 2 unspecified atom stereocenters. The number of nitrogens with zero attached hydrogens (tertiary/aromatic N) is 2. The zero-order valence-corrected chi connectivity index (χ0v) is 15.9. The fraction of sp³-hybridized carbons (Fsp3) is 0.632. The number of methoxy groups -OCH3 is 1. The van der Waals surface area contributed by atoms with Gasteiger partial charge in [0.05, 0.1) is 7.11 Å². The molecule has 0 radical (unpaired) electrons. The number of benzene rings is 1. The van der Waals surface area contributed by atoms with Gasteiger partial charge in [0.25, 0.3) is 0 Å². The summed E-state index contributed by atoms with van der Waals surface area (Å²) in [6.07, 6.45) is 0. The first-order valence-corrected chi connectivity index (χ1v) is 8.79. The SMILES string of the molecule is CN=C(NCc1ccc(OC)c(C)c1)NC1CN(C(C)C)CC1C. The normalized spacial score (nSPS) is 22.0. The average Bonchev–Trinajstić information content (AvgIpc) is 2.92. The number of guanidine groups is 1. The van der Waals surface area contributed by atoms with Crippen molar-refractivity contribution in [3.05, 3.63) is 29.3 Å². The van der Waals surface area contributed by atoms with Crippen molar-refractivity contribution in [1.29, 1.82) is 0 Å². The van der Waals surface area contributed by atoms with Crippen molar-refractivity contribution in [2.45, 2.75) is 46.3 Å². The Hall–Kier alpha value is -1.75. The second-order valence-corrected chi connectivity index (χ2v) is 7.01. The van der Waals surface area contributed by atoms with Crippen molar-refractivity contribution in [2.24, 2.45) is 10.9 Å². The second-order valence-electron chi connectivity index (χ2n) is 7.01. The number of aliphatic imine (C=N–C) groups is 1. The van der Waals surface area contributed by atoms with E-state index in [1.165, 1.54) is 5.56 Å². The molecule has 24 heavy (non-hydrogen) atoms. The second kappa shape index (κ2) is 8.38. The van der Waals surface area contributed by atoms with Gasteiger partial charge in [0.15, 0.2) is 5.96 Å². The Labute approximate surface area is 146 Å². The van der Waals surface area contributed by atoms with Gasteiger partial charge in [0, 0.05) is 38.8 Å². The molecule has 1 aromatic rings. The third kappa shape index (κ3) is 4.63. The molecule has 2 rings (SSSR count). The van der Waals surface area contributed by atoms with E-state index in [0.29, 0.717) is 18.0 Å². The van der Waals surface area contributed by atoms with Crippen molar-refractivity contribution in [2.75, 3.05) is 27.2 Å². The lowest BCUT2D eigenvalue weighted by molar-refractivity contribution is 0.265. The van der Waals surface area contributed by atoms with E-state index >= 15 is 0 Å². The number of nitrogens with one attached hydrogen (secondary N) is 2. The highest BCUT2D eigenvalue weighted by atomic mass is 16.5. The molecule has 2 atom stereocenters. The zero-order chi connectivity index (χ0) is 17.7. The van der Waals surface area contributed by atoms with E-state index in [-0.39, 0.29) is 0 Å². The lowest BCUT2D eigenvalue weighted by Gasteiger charge is -2.22. The third-order valence-corrected chi connectivity index (χ3v) is 4.84. The smallest absolute Gasteiger partial charge is 0.191 e. The van der Waals surface area contributed by atoms with Crippen molar-refractivity contribution in [3.63, 3.8) is 0 Å². The number of ether oxygens (including phenoxy) is 1. The maximum absolute atomic E-state index is 5.32. The van der Waals surface area contributed by atoms with Gasteiger partial charge in [-0.25, -0.2) is 0 Å². The van der Waals surface area contributed by atoms with Crippen LogP contribution in [0.2, 0.25) is 0 Å². The maximum atomic E-state index is 5.32. The summed E-state index contributed by atoms with van der Waals surface area (Å²) in [6, 6.07) is 7.29. The molecular weight excluding hydrogens is 300 g/mol. The molecule has 1 aliphatic rings. The van der Waals surface area contributed by atoms with Crippen LogP contribution in [-0.4, -0.2) is 50.2 Å². The Kier molecular flexibility index (Phi) is 6.49. The summed E-state index contributed by atoms with van der Waals surface area (Å²) < 4.78 is 5.32. The Balaban J connectivity index is 1.90. The molecule has 0 amide bonds. The van der Waals surface area contributed by atoms with Gasteiger partial charge in [-0.3, -0.25) is 9.89 Å². The van der Waals surface area contributed by atoms with E-state index < -0.39 is 0 Å². The average molecular weight is 332 g/mol. The predicted molar refractivity (Wildman–Crippen MR) is 101 cm³/mol.